The number of nitrogens with zero attached hydrogens (tertiary/aromatic N) is 4. The number of alkyl halides is 3. The van der Waals surface area contributed by atoms with E-state index in [1.165, 1.54) is 0 Å². The van der Waals surface area contributed by atoms with Crippen molar-refractivity contribution in [2.24, 2.45) is 0 Å². The molecule has 1 amide bonds. The highest BCUT2D eigenvalue weighted by molar-refractivity contribution is 6.30. The number of hydrogen-bond donors (Lipinski definition) is 1. The van der Waals surface area contributed by atoms with Crippen LogP contribution in [0.1, 0.15) is 11.5 Å². The lowest BCUT2D eigenvalue weighted by molar-refractivity contribution is -0.138. The maximum Gasteiger partial charge on any atom is 0.417 e. The van der Waals surface area contributed by atoms with Gasteiger partial charge in [0, 0.05) is 12.4 Å². The zero-order valence-corrected chi connectivity index (χ0v) is 14.7. The van der Waals surface area contributed by atoms with E-state index in [1.54, 1.807) is 24.4 Å². The minimum Gasteiger partial charge on any atom is -0.345 e. The minimum absolute atomic E-state index is 0.0587. The Kier molecular flexibility index (Phi) is 5.45. The fourth-order valence-corrected chi connectivity index (χ4v) is 2.41. The van der Waals surface area contributed by atoms with Crippen LogP contribution in [0.25, 0.3) is 11.5 Å². The number of carbonyl (C=O) groups is 1. The number of hydrogen-bond acceptors (Lipinski definition) is 6. The smallest absolute Gasteiger partial charge is 0.345 e. The fourth-order valence-electron chi connectivity index (χ4n) is 2.18. The van der Waals surface area contributed by atoms with E-state index in [-0.39, 0.29) is 18.3 Å². The molecule has 3 heterocycles. The SMILES string of the molecule is O=C(Cn1cc(C(F)(F)F)cc(Cl)c1=O)NCc1nc(-c2ccccn2)no1. The first-order valence-corrected chi connectivity index (χ1v) is 8.09. The Morgan fingerprint density at radius 2 is 2.11 bits per heavy atom. The molecule has 3 aromatic heterocycles. The molecule has 3 rings (SSSR count). The summed E-state index contributed by atoms with van der Waals surface area (Å²) in [6, 6.07) is 5.62. The molecule has 0 unspecified atom stereocenters. The average Bonchev–Trinajstić information content (AvgIpc) is 3.12. The lowest BCUT2D eigenvalue weighted by Crippen LogP contribution is -2.32. The van der Waals surface area contributed by atoms with Gasteiger partial charge in [-0.25, -0.2) is 0 Å². The number of aromatic nitrogens is 4. The van der Waals surface area contributed by atoms with Crippen LogP contribution in [0, 0.1) is 0 Å². The van der Waals surface area contributed by atoms with Gasteiger partial charge in [0.05, 0.1) is 12.1 Å². The molecule has 0 aliphatic heterocycles. The number of amides is 1. The van der Waals surface area contributed by atoms with Gasteiger partial charge in [0.1, 0.15) is 17.3 Å². The Bertz CT molecular complexity index is 1050. The lowest BCUT2D eigenvalue weighted by Gasteiger charge is -2.11. The van der Waals surface area contributed by atoms with Crippen molar-refractivity contribution in [3.63, 3.8) is 0 Å². The van der Waals surface area contributed by atoms with E-state index in [1.807, 2.05) is 0 Å². The van der Waals surface area contributed by atoms with Crippen molar-refractivity contribution in [1.82, 2.24) is 25.0 Å². The van der Waals surface area contributed by atoms with Crippen molar-refractivity contribution in [3.8, 4) is 11.5 Å². The molecule has 0 fully saturated rings. The molecule has 0 saturated heterocycles. The highest BCUT2D eigenvalue weighted by Crippen LogP contribution is 2.29. The van der Waals surface area contributed by atoms with Crippen LogP contribution < -0.4 is 10.9 Å². The van der Waals surface area contributed by atoms with Crippen LogP contribution in [0.5, 0.6) is 0 Å². The molecular weight excluding hydrogens is 403 g/mol. The van der Waals surface area contributed by atoms with Gasteiger partial charge in [-0.2, -0.15) is 18.2 Å². The summed E-state index contributed by atoms with van der Waals surface area (Å²) in [5.41, 5.74) is -1.59. The highest BCUT2D eigenvalue weighted by atomic mass is 35.5. The zero-order valence-electron chi connectivity index (χ0n) is 13.9. The Hall–Kier alpha value is -3.21. The maximum atomic E-state index is 12.8. The van der Waals surface area contributed by atoms with Crippen molar-refractivity contribution in [2.75, 3.05) is 0 Å². The van der Waals surface area contributed by atoms with Gasteiger partial charge in [-0.3, -0.25) is 14.6 Å². The van der Waals surface area contributed by atoms with Crippen LogP contribution in [0.3, 0.4) is 0 Å². The van der Waals surface area contributed by atoms with E-state index in [2.05, 4.69) is 20.4 Å². The van der Waals surface area contributed by atoms with E-state index in [9.17, 15) is 22.8 Å². The summed E-state index contributed by atoms with van der Waals surface area (Å²) >= 11 is 5.54. The third-order valence-corrected chi connectivity index (χ3v) is 3.75. The number of carbonyl (C=O) groups excluding carboxylic acids is 1. The van der Waals surface area contributed by atoms with Gasteiger partial charge in [0.25, 0.3) is 5.56 Å². The summed E-state index contributed by atoms with van der Waals surface area (Å²) in [5, 5.41) is 5.45. The van der Waals surface area contributed by atoms with Crippen molar-refractivity contribution in [2.45, 2.75) is 19.3 Å². The van der Waals surface area contributed by atoms with Crippen LogP contribution in [0.4, 0.5) is 13.2 Å². The lowest BCUT2D eigenvalue weighted by atomic mass is 10.2. The molecule has 1 N–H and O–H groups in total. The zero-order chi connectivity index (χ0) is 20.3. The largest absolute Gasteiger partial charge is 0.417 e. The van der Waals surface area contributed by atoms with E-state index in [4.69, 9.17) is 16.1 Å². The Morgan fingerprint density at radius 3 is 2.79 bits per heavy atom. The molecule has 0 aromatic carbocycles. The third kappa shape index (κ3) is 4.55. The molecule has 28 heavy (non-hydrogen) atoms. The average molecular weight is 414 g/mol. The van der Waals surface area contributed by atoms with Gasteiger partial charge >= 0.3 is 6.18 Å². The molecule has 8 nitrogen and oxygen atoms in total. The quantitative estimate of drug-likeness (QED) is 0.688. The number of halogens is 4. The van der Waals surface area contributed by atoms with Crippen LogP contribution in [0.15, 0.2) is 46.0 Å². The molecular formula is C16H11ClF3N5O3. The summed E-state index contributed by atoms with van der Waals surface area (Å²) in [4.78, 5) is 31.9. The van der Waals surface area contributed by atoms with Gasteiger partial charge in [0.15, 0.2) is 0 Å². The molecule has 0 radical (unpaired) electrons. The van der Waals surface area contributed by atoms with E-state index in [0.29, 0.717) is 22.5 Å². The van der Waals surface area contributed by atoms with E-state index in [0.717, 1.165) is 0 Å². The van der Waals surface area contributed by atoms with Crippen molar-refractivity contribution in [3.05, 3.63) is 63.5 Å². The van der Waals surface area contributed by atoms with Gasteiger partial charge in [-0.05, 0) is 18.2 Å². The molecule has 12 heteroatoms. The Labute approximate surface area is 160 Å². The summed E-state index contributed by atoms with van der Waals surface area (Å²) < 4.78 is 44.0. The normalized spacial score (nSPS) is 11.4. The van der Waals surface area contributed by atoms with Crippen LogP contribution in [-0.2, 0) is 24.1 Å². The third-order valence-electron chi connectivity index (χ3n) is 3.48. The standard InChI is InChI=1S/C16H11ClF3N5O3/c17-10-5-9(16(18,19)20)7-25(15(10)27)8-12(26)22-6-13-23-14(24-28-13)11-3-1-2-4-21-11/h1-5,7H,6,8H2,(H,22,26). The first-order chi connectivity index (χ1) is 13.2. The molecule has 0 spiro atoms. The van der Waals surface area contributed by atoms with Gasteiger partial charge in [0.2, 0.25) is 17.6 Å². The Morgan fingerprint density at radius 1 is 1.32 bits per heavy atom. The second kappa shape index (κ2) is 7.80. The van der Waals surface area contributed by atoms with Gasteiger partial charge in [-0.1, -0.05) is 22.8 Å². The molecule has 0 atom stereocenters. The van der Waals surface area contributed by atoms with Gasteiger partial charge < -0.3 is 14.4 Å². The van der Waals surface area contributed by atoms with Crippen LogP contribution in [-0.4, -0.2) is 25.6 Å². The van der Waals surface area contributed by atoms with Crippen molar-refractivity contribution in [1.29, 1.82) is 0 Å². The first-order valence-electron chi connectivity index (χ1n) is 7.72. The Balaban J connectivity index is 1.66. The number of nitrogens with one attached hydrogen (secondary N) is 1. The van der Waals surface area contributed by atoms with Crippen LogP contribution >= 0.6 is 11.6 Å². The summed E-state index contributed by atoms with van der Waals surface area (Å²) in [7, 11) is 0. The fraction of sp³-hybridized carbons (Fsp3) is 0.188. The van der Waals surface area contributed by atoms with E-state index >= 15 is 0 Å². The second-order valence-electron chi connectivity index (χ2n) is 5.51. The first kappa shape index (κ1) is 19.5. The molecule has 0 bridgehead atoms. The summed E-state index contributed by atoms with van der Waals surface area (Å²) in [6.07, 6.45) is -2.63. The minimum atomic E-state index is -4.71. The summed E-state index contributed by atoms with van der Waals surface area (Å²) in [6.45, 7) is -0.843. The molecule has 146 valence electrons. The number of pyridine rings is 2. The summed E-state index contributed by atoms with van der Waals surface area (Å²) in [5.74, 6) is -0.468. The predicted octanol–water partition coefficient (Wildman–Crippen LogP) is 2.28. The van der Waals surface area contributed by atoms with Crippen LogP contribution in [0.2, 0.25) is 5.02 Å². The highest BCUT2D eigenvalue weighted by Gasteiger charge is 2.32. The maximum absolute atomic E-state index is 12.8. The second-order valence-corrected chi connectivity index (χ2v) is 5.92. The monoisotopic (exact) mass is 413 g/mol. The van der Waals surface area contributed by atoms with Crippen molar-refractivity contribution < 1.29 is 22.5 Å². The molecule has 3 aromatic rings. The van der Waals surface area contributed by atoms with Crippen molar-refractivity contribution >= 4 is 17.5 Å². The molecule has 0 aliphatic carbocycles. The van der Waals surface area contributed by atoms with Gasteiger partial charge in [-0.15, -0.1) is 0 Å². The van der Waals surface area contributed by atoms with E-state index < -0.39 is 34.8 Å². The predicted molar refractivity (Wildman–Crippen MR) is 90.1 cm³/mol. The topological polar surface area (TPSA) is 103 Å². The molecule has 0 saturated carbocycles. The number of rotatable bonds is 5. The molecule has 0 aliphatic rings.